The Kier molecular flexibility index (Phi) is 7.22. The molecular formula is C24H27N3O3S2. The summed E-state index contributed by atoms with van der Waals surface area (Å²) < 4.78 is 8.57. The van der Waals surface area contributed by atoms with Crippen molar-refractivity contribution in [3.63, 3.8) is 0 Å². The number of nitrogens with zero attached hydrogens (tertiary/aromatic N) is 2. The summed E-state index contributed by atoms with van der Waals surface area (Å²) in [4.78, 5) is 18.4. The number of hydrogen-bond acceptors (Lipinski definition) is 7. The van der Waals surface area contributed by atoms with Crippen LogP contribution in [0.3, 0.4) is 0 Å². The van der Waals surface area contributed by atoms with Crippen molar-refractivity contribution in [2.24, 2.45) is 5.92 Å². The number of carboxylic acid groups (broad SMARTS) is 1. The number of methoxy groups -OCH3 is 1. The van der Waals surface area contributed by atoms with Crippen LogP contribution in [0.4, 0.5) is 10.8 Å². The molecule has 1 aliphatic heterocycles. The second-order valence-electron chi connectivity index (χ2n) is 7.94. The molecule has 1 saturated heterocycles. The maximum absolute atomic E-state index is 11.2. The minimum Gasteiger partial charge on any atom is -0.495 e. The van der Waals surface area contributed by atoms with Crippen molar-refractivity contribution in [3.05, 3.63) is 65.0 Å². The van der Waals surface area contributed by atoms with E-state index in [0.717, 1.165) is 23.2 Å². The molecule has 2 aromatic carbocycles. The summed E-state index contributed by atoms with van der Waals surface area (Å²) in [5.74, 6) is 0.645. The molecule has 168 valence electrons. The monoisotopic (exact) mass is 469 g/mol. The molecule has 2 atom stereocenters. The fourth-order valence-corrected chi connectivity index (χ4v) is 5.71. The molecule has 0 aliphatic carbocycles. The van der Waals surface area contributed by atoms with Crippen LogP contribution in [0.1, 0.15) is 41.6 Å². The van der Waals surface area contributed by atoms with Gasteiger partial charge in [0.2, 0.25) is 0 Å². The summed E-state index contributed by atoms with van der Waals surface area (Å²) in [5.41, 5.74) is 2.31. The van der Waals surface area contributed by atoms with Crippen molar-refractivity contribution in [2.45, 2.75) is 30.7 Å². The predicted octanol–water partition coefficient (Wildman–Crippen LogP) is 5.99. The van der Waals surface area contributed by atoms with Gasteiger partial charge in [-0.25, -0.2) is 9.78 Å². The zero-order valence-electron chi connectivity index (χ0n) is 18.2. The highest BCUT2D eigenvalue weighted by Gasteiger charge is 2.27. The van der Waals surface area contributed by atoms with Crippen molar-refractivity contribution in [2.75, 3.05) is 29.8 Å². The highest BCUT2D eigenvalue weighted by molar-refractivity contribution is 8.00. The Balaban J connectivity index is 1.39. The summed E-state index contributed by atoms with van der Waals surface area (Å²) in [7, 11) is 1.53. The summed E-state index contributed by atoms with van der Waals surface area (Å²) in [6, 6.07) is 15.5. The second kappa shape index (κ2) is 10.3. The normalized spacial score (nSPS) is 17.1. The number of carboxylic acids is 1. The smallest absolute Gasteiger partial charge is 0.335 e. The molecule has 2 unspecified atom stereocenters. The van der Waals surface area contributed by atoms with Crippen LogP contribution < -0.4 is 14.4 Å². The molecule has 6 nitrogen and oxygen atoms in total. The molecule has 3 aromatic rings. The highest BCUT2D eigenvalue weighted by atomic mass is 32.2. The van der Waals surface area contributed by atoms with E-state index in [-0.39, 0.29) is 5.56 Å². The van der Waals surface area contributed by atoms with Gasteiger partial charge in [-0.15, -0.1) is 11.3 Å². The summed E-state index contributed by atoms with van der Waals surface area (Å²) in [6.07, 6.45) is 2.42. The highest BCUT2D eigenvalue weighted by Crippen LogP contribution is 2.36. The average Bonchev–Trinajstić information content (AvgIpc) is 3.32. The van der Waals surface area contributed by atoms with Crippen LogP contribution in [0.25, 0.3) is 0 Å². The Morgan fingerprint density at radius 1 is 1.31 bits per heavy atom. The largest absolute Gasteiger partial charge is 0.495 e. The summed E-state index contributed by atoms with van der Waals surface area (Å²) >= 11 is 3.06. The topological polar surface area (TPSA) is 74.7 Å². The SMILES string of the molecule is COc1cc(C(=O)O)ccc1NSc1csc(N2CCCC(C(C)c3ccccc3)C2)n1. The zero-order chi connectivity index (χ0) is 22.5. The Labute approximate surface area is 196 Å². The van der Waals surface area contributed by atoms with Crippen molar-refractivity contribution < 1.29 is 14.6 Å². The molecular weight excluding hydrogens is 442 g/mol. The van der Waals surface area contributed by atoms with Crippen molar-refractivity contribution in [1.82, 2.24) is 4.98 Å². The second-order valence-corrected chi connectivity index (χ2v) is 9.60. The molecule has 2 N–H and O–H groups in total. The van der Waals surface area contributed by atoms with E-state index in [4.69, 9.17) is 14.8 Å². The van der Waals surface area contributed by atoms with Crippen molar-refractivity contribution in [1.29, 1.82) is 0 Å². The maximum Gasteiger partial charge on any atom is 0.335 e. The Morgan fingerprint density at radius 3 is 2.88 bits per heavy atom. The minimum atomic E-state index is -0.979. The minimum absolute atomic E-state index is 0.192. The van der Waals surface area contributed by atoms with E-state index in [0.29, 0.717) is 23.3 Å². The van der Waals surface area contributed by atoms with Gasteiger partial charge >= 0.3 is 5.97 Å². The van der Waals surface area contributed by atoms with Crippen LogP contribution in [0, 0.1) is 5.92 Å². The molecule has 32 heavy (non-hydrogen) atoms. The van der Waals surface area contributed by atoms with Crippen LogP contribution in [0.5, 0.6) is 5.75 Å². The van der Waals surface area contributed by atoms with E-state index in [2.05, 4.69) is 52.3 Å². The first-order valence-corrected chi connectivity index (χ1v) is 12.3. The lowest BCUT2D eigenvalue weighted by Crippen LogP contribution is -2.37. The zero-order valence-corrected chi connectivity index (χ0v) is 19.8. The van der Waals surface area contributed by atoms with Gasteiger partial charge in [-0.2, -0.15) is 0 Å². The van der Waals surface area contributed by atoms with Gasteiger partial charge in [-0.1, -0.05) is 37.3 Å². The molecule has 0 bridgehead atoms. The molecule has 0 amide bonds. The number of rotatable bonds is 8. The molecule has 1 aromatic heterocycles. The lowest BCUT2D eigenvalue weighted by atomic mass is 9.82. The number of aromatic nitrogens is 1. The van der Waals surface area contributed by atoms with Gasteiger partial charge in [0.05, 0.1) is 18.4 Å². The number of anilines is 2. The van der Waals surface area contributed by atoms with Crippen LogP contribution in [0.2, 0.25) is 0 Å². The van der Waals surface area contributed by atoms with Gasteiger partial charge in [0.15, 0.2) is 5.13 Å². The molecule has 0 saturated carbocycles. The molecule has 0 spiro atoms. The number of aromatic carboxylic acids is 1. The van der Waals surface area contributed by atoms with Crippen LogP contribution in [0.15, 0.2) is 58.9 Å². The first kappa shape index (κ1) is 22.5. The first-order valence-electron chi connectivity index (χ1n) is 10.6. The summed E-state index contributed by atoms with van der Waals surface area (Å²) in [5, 5.41) is 13.1. The van der Waals surface area contributed by atoms with E-state index < -0.39 is 5.97 Å². The predicted molar refractivity (Wildman–Crippen MR) is 131 cm³/mol. The van der Waals surface area contributed by atoms with Crippen molar-refractivity contribution in [3.8, 4) is 5.75 Å². The molecule has 0 radical (unpaired) electrons. The summed E-state index contributed by atoms with van der Waals surface area (Å²) in [6.45, 7) is 4.39. The fraction of sp³-hybridized carbons (Fsp3) is 0.333. The third-order valence-corrected chi connectivity index (χ3v) is 7.74. The van der Waals surface area contributed by atoms with Crippen molar-refractivity contribution >= 4 is 40.1 Å². The van der Waals surface area contributed by atoms with Gasteiger partial charge in [0.1, 0.15) is 10.8 Å². The fourth-order valence-electron chi connectivity index (χ4n) is 4.08. The van der Waals surface area contributed by atoms with E-state index in [1.807, 2.05) is 0 Å². The van der Waals surface area contributed by atoms with Gasteiger partial charge in [0.25, 0.3) is 0 Å². The van der Waals surface area contributed by atoms with Gasteiger partial charge < -0.3 is 19.5 Å². The molecule has 4 rings (SSSR count). The third kappa shape index (κ3) is 5.19. The molecule has 1 fully saturated rings. The Bertz CT molecular complexity index is 1060. The van der Waals surface area contributed by atoms with E-state index in [1.54, 1.807) is 23.5 Å². The maximum atomic E-state index is 11.2. The standard InChI is InChI=1S/C24H27N3O3S2/c1-16(17-7-4-3-5-8-17)19-9-6-12-27(14-19)24-25-22(15-31-24)32-26-20-11-10-18(23(28)29)13-21(20)30-2/h3-5,7-8,10-11,13,15-16,19,26H,6,9,12,14H2,1-2H3,(H,28,29). The molecule has 1 aliphatic rings. The van der Waals surface area contributed by atoms with Gasteiger partial charge in [-0.05, 0) is 48.4 Å². The number of ether oxygens (including phenoxy) is 1. The lowest BCUT2D eigenvalue weighted by molar-refractivity contribution is 0.0696. The molecule has 8 heteroatoms. The quantitative estimate of drug-likeness (QED) is 0.393. The number of carbonyl (C=O) groups is 1. The van der Waals surface area contributed by atoms with Crippen LogP contribution in [-0.2, 0) is 0 Å². The number of nitrogens with one attached hydrogen (secondary N) is 1. The van der Waals surface area contributed by atoms with Crippen LogP contribution in [-0.4, -0.2) is 36.3 Å². The average molecular weight is 470 g/mol. The van der Waals surface area contributed by atoms with Crippen LogP contribution >= 0.6 is 23.3 Å². The Hall–Kier alpha value is -2.71. The van der Waals surface area contributed by atoms with E-state index in [1.165, 1.54) is 43.5 Å². The Morgan fingerprint density at radius 2 is 2.12 bits per heavy atom. The third-order valence-electron chi connectivity index (χ3n) is 5.95. The van der Waals surface area contributed by atoms with E-state index in [9.17, 15) is 4.79 Å². The first-order chi connectivity index (χ1) is 15.5. The molecule has 2 heterocycles. The van der Waals surface area contributed by atoms with Gasteiger partial charge in [0, 0.05) is 30.4 Å². The lowest BCUT2D eigenvalue weighted by Gasteiger charge is -2.35. The number of hydrogen-bond donors (Lipinski definition) is 2. The van der Waals surface area contributed by atoms with E-state index >= 15 is 0 Å². The number of thiazole rings is 1. The number of benzene rings is 2. The number of piperidine rings is 1. The van der Waals surface area contributed by atoms with Gasteiger partial charge in [-0.3, -0.25) is 0 Å².